The van der Waals surface area contributed by atoms with Crippen molar-refractivity contribution in [3.8, 4) is 0 Å². The van der Waals surface area contributed by atoms with Crippen molar-refractivity contribution in [2.24, 2.45) is 13.0 Å². The number of halogens is 1. The largest absolute Gasteiger partial charge is 0.469 e. The van der Waals surface area contributed by atoms with E-state index in [9.17, 15) is 9.59 Å². The van der Waals surface area contributed by atoms with Gasteiger partial charge in [0, 0.05) is 20.0 Å². The molecule has 0 aromatic carbocycles. The maximum absolute atomic E-state index is 11.8. The minimum atomic E-state index is -0.370. The third-order valence-corrected chi connectivity index (χ3v) is 3.35. The zero-order chi connectivity index (χ0) is 13.3. The van der Waals surface area contributed by atoms with Crippen molar-refractivity contribution >= 4 is 29.2 Å². The predicted molar refractivity (Wildman–Crippen MR) is 65.5 cm³/mol. The summed E-state index contributed by atoms with van der Waals surface area (Å²) < 4.78 is 6.41. The van der Waals surface area contributed by atoms with E-state index in [1.165, 1.54) is 12.0 Å². The molecule has 1 atom stereocenters. The second-order valence-electron chi connectivity index (χ2n) is 4.16. The van der Waals surface area contributed by atoms with E-state index in [1.807, 2.05) is 0 Å². The lowest BCUT2D eigenvalue weighted by molar-refractivity contribution is -0.145. The van der Waals surface area contributed by atoms with E-state index in [0.29, 0.717) is 6.42 Å². The molecular formula is C11H14ClN3O3. The number of aromatic nitrogens is 2. The van der Waals surface area contributed by atoms with Gasteiger partial charge in [0.2, 0.25) is 5.91 Å². The smallest absolute Gasteiger partial charge is 0.310 e. The first-order valence-corrected chi connectivity index (χ1v) is 6.07. The van der Waals surface area contributed by atoms with Crippen LogP contribution in [0.1, 0.15) is 5.69 Å². The second kappa shape index (κ2) is 4.97. The van der Waals surface area contributed by atoms with Crippen molar-refractivity contribution < 1.29 is 14.3 Å². The summed E-state index contributed by atoms with van der Waals surface area (Å²) in [5, 5.41) is 4.11. The summed E-state index contributed by atoms with van der Waals surface area (Å²) in [7, 11) is 3.12. The zero-order valence-corrected chi connectivity index (χ0v) is 11.0. The SMILES string of the molecule is COC(=O)C1Cc2c(cnn2C)N(C(=O)CCl)C1. The van der Waals surface area contributed by atoms with E-state index in [4.69, 9.17) is 16.3 Å². The first-order chi connectivity index (χ1) is 8.58. The third kappa shape index (κ3) is 2.08. The molecule has 0 bridgehead atoms. The van der Waals surface area contributed by atoms with Crippen molar-refractivity contribution in [3.05, 3.63) is 11.9 Å². The first-order valence-electron chi connectivity index (χ1n) is 5.53. The number of ether oxygens (including phenoxy) is 1. The van der Waals surface area contributed by atoms with Crippen LogP contribution in [0.2, 0.25) is 0 Å². The van der Waals surface area contributed by atoms with E-state index in [0.717, 1.165) is 11.4 Å². The van der Waals surface area contributed by atoms with Crippen molar-refractivity contribution in [3.63, 3.8) is 0 Å². The lowest BCUT2D eigenvalue weighted by atomic mass is 9.97. The van der Waals surface area contributed by atoms with Gasteiger partial charge in [0.15, 0.2) is 0 Å². The fraction of sp³-hybridized carbons (Fsp3) is 0.545. The number of carbonyl (C=O) groups excluding carboxylic acids is 2. The van der Waals surface area contributed by atoms with E-state index in [1.54, 1.807) is 17.9 Å². The molecule has 2 rings (SSSR count). The number of hydrogen-bond acceptors (Lipinski definition) is 4. The van der Waals surface area contributed by atoms with Gasteiger partial charge in [0.25, 0.3) is 0 Å². The van der Waals surface area contributed by atoms with Gasteiger partial charge in [0.1, 0.15) is 5.88 Å². The molecule has 0 saturated heterocycles. The van der Waals surface area contributed by atoms with Crippen molar-refractivity contribution in [2.75, 3.05) is 24.4 Å². The third-order valence-electron chi connectivity index (χ3n) is 3.12. The minimum absolute atomic E-state index is 0.123. The Hall–Kier alpha value is -1.56. The minimum Gasteiger partial charge on any atom is -0.469 e. The molecular weight excluding hydrogens is 258 g/mol. The maximum atomic E-state index is 11.8. The summed E-state index contributed by atoms with van der Waals surface area (Å²) in [4.78, 5) is 24.9. The number of anilines is 1. The van der Waals surface area contributed by atoms with Gasteiger partial charge in [-0.15, -0.1) is 11.6 Å². The molecule has 1 aromatic rings. The molecule has 0 radical (unpaired) electrons. The standard InChI is InChI=1S/C11H14ClN3O3/c1-14-8-3-7(11(17)18-2)6-15(10(16)4-12)9(8)5-13-14/h5,7H,3-4,6H2,1-2H3. The quantitative estimate of drug-likeness (QED) is 0.575. The summed E-state index contributed by atoms with van der Waals surface area (Å²) in [6.07, 6.45) is 2.14. The van der Waals surface area contributed by atoms with Gasteiger partial charge < -0.3 is 9.64 Å². The zero-order valence-electron chi connectivity index (χ0n) is 10.2. The molecule has 0 saturated carbocycles. The summed E-state index contributed by atoms with van der Waals surface area (Å²) in [5.41, 5.74) is 1.57. The molecule has 0 fully saturated rings. The van der Waals surface area contributed by atoms with Gasteiger partial charge in [-0.2, -0.15) is 5.10 Å². The van der Waals surface area contributed by atoms with Crippen LogP contribution < -0.4 is 4.90 Å². The van der Waals surface area contributed by atoms with Crippen LogP contribution in [0.3, 0.4) is 0 Å². The highest BCUT2D eigenvalue weighted by Gasteiger charge is 2.34. The molecule has 0 N–H and O–H groups in total. The monoisotopic (exact) mass is 271 g/mol. The average Bonchev–Trinajstić information content (AvgIpc) is 2.77. The molecule has 1 aliphatic heterocycles. The van der Waals surface area contributed by atoms with Crippen LogP contribution in [-0.4, -0.2) is 41.2 Å². The molecule has 0 aliphatic carbocycles. The lowest BCUT2D eigenvalue weighted by Crippen LogP contribution is -2.43. The van der Waals surface area contributed by atoms with E-state index >= 15 is 0 Å². The Labute approximate surface area is 109 Å². The van der Waals surface area contributed by atoms with Crippen molar-refractivity contribution in [1.29, 1.82) is 0 Å². The molecule has 0 spiro atoms. The fourth-order valence-electron chi connectivity index (χ4n) is 2.16. The number of amides is 1. The number of methoxy groups -OCH3 is 1. The molecule has 1 aromatic heterocycles. The summed E-state index contributed by atoms with van der Waals surface area (Å²) in [6, 6.07) is 0. The topological polar surface area (TPSA) is 64.4 Å². The van der Waals surface area contributed by atoms with E-state index in [-0.39, 0.29) is 30.2 Å². The van der Waals surface area contributed by atoms with Crippen LogP contribution in [0.4, 0.5) is 5.69 Å². The Kier molecular flexibility index (Phi) is 3.56. The van der Waals surface area contributed by atoms with E-state index < -0.39 is 0 Å². The van der Waals surface area contributed by atoms with Crippen LogP contribution >= 0.6 is 11.6 Å². The molecule has 1 unspecified atom stereocenters. The molecule has 1 aliphatic rings. The van der Waals surface area contributed by atoms with Gasteiger partial charge in [-0.1, -0.05) is 0 Å². The molecule has 2 heterocycles. The van der Waals surface area contributed by atoms with Gasteiger partial charge in [-0.05, 0) is 0 Å². The maximum Gasteiger partial charge on any atom is 0.310 e. The number of carbonyl (C=O) groups is 2. The Morgan fingerprint density at radius 3 is 2.94 bits per heavy atom. The van der Waals surface area contributed by atoms with Crippen LogP contribution in [0.5, 0.6) is 0 Å². The highest BCUT2D eigenvalue weighted by Crippen LogP contribution is 2.29. The van der Waals surface area contributed by atoms with Gasteiger partial charge >= 0.3 is 5.97 Å². The van der Waals surface area contributed by atoms with Crippen LogP contribution in [0.15, 0.2) is 6.20 Å². The molecule has 18 heavy (non-hydrogen) atoms. The van der Waals surface area contributed by atoms with Gasteiger partial charge in [-0.25, -0.2) is 0 Å². The molecule has 1 amide bonds. The highest BCUT2D eigenvalue weighted by atomic mass is 35.5. The van der Waals surface area contributed by atoms with Crippen LogP contribution in [-0.2, 0) is 27.8 Å². The van der Waals surface area contributed by atoms with Gasteiger partial charge in [-0.3, -0.25) is 14.3 Å². The molecule has 7 heteroatoms. The van der Waals surface area contributed by atoms with Crippen molar-refractivity contribution in [1.82, 2.24) is 9.78 Å². The summed E-state index contributed by atoms with van der Waals surface area (Å²) >= 11 is 5.59. The number of alkyl halides is 1. The Morgan fingerprint density at radius 1 is 1.61 bits per heavy atom. The lowest BCUT2D eigenvalue weighted by Gasteiger charge is -2.30. The summed E-state index contributed by atoms with van der Waals surface area (Å²) in [6.45, 7) is 0.289. The first kappa shape index (κ1) is 12.9. The predicted octanol–water partition coefficient (Wildman–Crippen LogP) is 0.337. The Bertz CT molecular complexity index is 486. The number of esters is 1. The fourth-order valence-corrected chi connectivity index (χ4v) is 2.31. The van der Waals surface area contributed by atoms with Crippen LogP contribution in [0.25, 0.3) is 0 Å². The van der Waals surface area contributed by atoms with E-state index in [2.05, 4.69) is 5.10 Å². The summed E-state index contributed by atoms with van der Waals surface area (Å²) in [5.74, 6) is -1.05. The molecule has 98 valence electrons. The normalized spacial score (nSPS) is 18.4. The number of hydrogen-bond donors (Lipinski definition) is 0. The Balaban J connectivity index is 2.36. The Morgan fingerprint density at radius 2 is 2.33 bits per heavy atom. The van der Waals surface area contributed by atoms with Crippen LogP contribution in [0, 0.1) is 5.92 Å². The van der Waals surface area contributed by atoms with Gasteiger partial charge in [0.05, 0.1) is 30.6 Å². The molecule has 6 nitrogen and oxygen atoms in total. The second-order valence-corrected chi connectivity index (χ2v) is 4.43. The number of aryl methyl sites for hydroxylation is 1. The van der Waals surface area contributed by atoms with Crippen molar-refractivity contribution in [2.45, 2.75) is 6.42 Å². The highest BCUT2D eigenvalue weighted by molar-refractivity contribution is 6.29. The number of fused-ring (bicyclic) bond motifs is 1. The number of rotatable bonds is 2. The average molecular weight is 272 g/mol. The number of nitrogens with zero attached hydrogens (tertiary/aromatic N) is 3.